The molecule has 22 heavy (non-hydrogen) atoms. The summed E-state index contributed by atoms with van der Waals surface area (Å²) in [7, 11) is 1.98. The molecule has 1 aromatic rings. The van der Waals surface area contributed by atoms with Crippen molar-refractivity contribution in [2.45, 2.75) is 32.3 Å². The van der Waals surface area contributed by atoms with Crippen LogP contribution in [-0.2, 0) is 10.2 Å². The van der Waals surface area contributed by atoms with Crippen LogP contribution >= 0.6 is 0 Å². The summed E-state index contributed by atoms with van der Waals surface area (Å²) >= 11 is 0. The molecule has 0 aliphatic carbocycles. The Morgan fingerprint density at radius 3 is 2.68 bits per heavy atom. The first-order valence-corrected chi connectivity index (χ1v) is 8.02. The number of hydrogen-bond acceptors (Lipinski definition) is 5. The van der Waals surface area contributed by atoms with E-state index in [-0.39, 0.29) is 11.5 Å². The Labute approximate surface area is 133 Å². The molecular formula is C17H29N3O2. The van der Waals surface area contributed by atoms with Gasteiger partial charge in [-0.2, -0.15) is 0 Å². The molecule has 0 spiro atoms. The molecule has 0 aromatic carbocycles. The van der Waals surface area contributed by atoms with Crippen molar-refractivity contribution in [3.8, 4) is 0 Å². The molecule has 5 heteroatoms. The summed E-state index contributed by atoms with van der Waals surface area (Å²) in [6, 6.07) is 4.17. The smallest absolute Gasteiger partial charge is 0.128 e. The number of aromatic nitrogens is 1. The maximum Gasteiger partial charge on any atom is 0.128 e. The van der Waals surface area contributed by atoms with Gasteiger partial charge in [0.1, 0.15) is 5.82 Å². The van der Waals surface area contributed by atoms with Crippen LogP contribution < -0.4 is 4.90 Å². The van der Waals surface area contributed by atoms with Gasteiger partial charge in [-0.15, -0.1) is 0 Å². The van der Waals surface area contributed by atoms with Gasteiger partial charge >= 0.3 is 0 Å². The van der Waals surface area contributed by atoms with Crippen LogP contribution in [0.2, 0.25) is 0 Å². The molecule has 0 saturated carbocycles. The number of pyridine rings is 1. The first kappa shape index (κ1) is 17.2. The summed E-state index contributed by atoms with van der Waals surface area (Å²) in [6.07, 6.45) is 1.46. The lowest BCUT2D eigenvalue weighted by molar-refractivity contribution is 0.0162. The van der Waals surface area contributed by atoms with Crippen molar-refractivity contribution in [2.75, 3.05) is 51.3 Å². The lowest BCUT2D eigenvalue weighted by Gasteiger charge is -2.30. The second-order valence-corrected chi connectivity index (χ2v) is 7.10. The maximum atomic E-state index is 10.3. The summed E-state index contributed by atoms with van der Waals surface area (Å²) < 4.78 is 5.33. The molecular weight excluding hydrogens is 278 g/mol. The number of hydrogen-bond donors (Lipinski definition) is 1. The van der Waals surface area contributed by atoms with Gasteiger partial charge in [-0.25, -0.2) is 4.98 Å². The first-order valence-electron chi connectivity index (χ1n) is 8.02. The zero-order chi connectivity index (χ0) is 16.2. The van der Waals surface area contributed by atoms with Crippen molar-refractivity contribution in [3.05, 3.63) is 23.9 Å². The third-order valence-electron chi connectivity index (χ3n) is 4.06. The summed E-state index contributed by atoms with van der Waals surface area (Å²) in [5, 5.41) is 10.3. The monoisotopic (exact) mass is 307 g/mol. The molecule has 0 radical (unpaired) electrons. The van der Waals surface area contributed by atoms with Crippen molar-refractivity contribution < 1.29 is 9.84 Å². The number of aliphatic hydroxyl groups excluding tert-OH is 1. The molecule has 1 fully saturated rings. The summed E-state index contributed by atoms with van der Waals surface area (Å²) in [6.45, 7) is 11.2. The Kier molecular flexibility index (Phi) is 5.78. The predicted octanol–water partition coefficient (Wildman–Crippen LogP) is 1.51. The fourth-order valence-electron chi connectivity index (χ4n) is 2.64. The Morgan fingerprint density at radius 2 is 2.05 bits per heavy atom. The van der Waals surface area contributed by atoms with Gasteiger partial charge in [0.05, 0.1) is 19.3 Å². The van der Waals surface area contributed by atoms with E-state index < -0.39 is 0 Å². The third kappa shape index (κ3) is 4.93. The van der Waals surface area contributed by atoms with Crippen LogP contribution in [0, 0.1) is 0 Å². The van der Waals surface area contributed by atoms with Gasteiger partial charge in [0.2, 0.25) is 0 Å². The zero-order valence-corrected chi connectivity index (χ0v) is 14.2. The molecule has 1 aromatic heterocycles. The third-order valence-corrected chi connectivity index (χ3v) is 4.06. The van der Waals surface area contributed by atoms with Crippen LogP contribution in [0.4, 0.5) is 5.82 Å². The minimum absolute atomic E-state index is 0.102. The number of β-amino-alcohol motifs (C(OH)–C–C–N with tert-alkyl or cyclic N) is 1. The molecule has 1 N–H and O–H groups in total. The van der Waals surface area contributed by atoms with Crippen LogP contribution in [0.15, 0.2) is 18.3 Å². The Hall–Kier alpha value is -1.17. The first-order chi connectivity index (χ1) is 10.4. The molecule has 1 unspecified atom stereocenters. The molecule has 1 atom stereocenters. The average Bonchev–Trinajstić information content (AvgIpc) is 2.47. The second kappa shape index (κ2) is 7.40. The number of ether oxygens (including phenoxy) is 1. The summed E-state index contributed by atoms with van der Waals surface area (Å²) in [5.41, 5.74) is 1.36. The van der Waals surface area contributed by atoms with Crippen molar-refractivity contribution in [1.82, 2.24) is 9.88 Å². The predicted molar refractivity (Wildman–Crippen MR) is 89.5 cm³/mol. The number of rotatable bonds is 5. The lowest BCUT2D eigenvalue weighted by Crippen LogP contribution is -2.44. The van der Waals surface area contributed by atoms with Gasteiger partial charge in [0.15, 0.2) is 0 Å². The Balaban J connectivity index is 1.92. The van der Waals surface area contributed by atoms with Gasteiger partial charge in [0.25, 0.3) is 0 Å². The average molecular weight is 307 g/mol. The van der Waals surface area contributed by atoms with E-state index in [1.54, 1.807) is 0 Å². The number of morpholine rings is 1. The minimum atomic E-state index is -0.386. The van der Waals surface area contributed by atoms with Gasteiger partial charge in [-0.1, -0.05) is 20.8 Å². The van der Waals surface area contributed by atoms with E-state index in [1.807, 2.05) is 18.1 Å². The molecule has 0 amide bonds. The molecule has 5 nitrogen and oxygen atoms in total. The molecule has 1 saturated heterocycles. The van der Waals surface area contributed by atoms with Gasteiger partial charge in [-0.3, -0.25) is 4.90 Å². The second-order valence-electron chi connectivity index (χ2n) is 7.10. The van der Waals surface area contributed by atoms with E-state index in [0.717, 1.165) is 32.1 Å². The summed E-state index contributed by atoms with van der Waals surface area (Å²) in [5.74, 6) is 0.911. The van der Waals surface area contributed by atoms with E-state index in [2.05, 4.69) is 42.8 Å². The normalized spacial score (nSPS) is 18.2. The summed E-state index contributed by atoms with van der Waals surface area (Å²) in [4.78, 5) is 8.71. The van der Waals surface area contributed by atoms with Gasteiger partial charge < -0.3 is 14.7 Å². The molecule has 1 aliphatic heterocycles. The zero-order valence-electron chi connectivity index (χ0n) is 14.2. The number of aliphatic hydroxyl groups is 1. The quantitative estimate of drug-likeness (QED) is 0.893. The Bertz CT molecular complexity index is 467. The highest BCUT2D eigenvalue weighted by molar-refractivity contribution is 5.42. The topological polar surface area (TPSA) is 48.8 Å². The van der Waals surface area contributed by atoms with E-state index in [1.165, 1.54) is 5.56 Å². The SMILES string of the molecule is CN(CC(O)CN1CCOCC1)c1cc(C(C)(C)C)ccn1. The number of nitrogens with zero attached hydrogens (tertiary/aromatic N) is 3. The largest absolute Gasteiger partial charge is 0.390 e. The van der Waals surface area contributed by atoms with E-state index in [9.17, 15) is 5.11 Å². The molecule has 0 bridgehead atoms. The molecule has 1 aliphatic rings. The number of anilines is 1. The highest BCUT2D eigenvalue weighted by Gasteiger charge is 2.18. The van der Waals surface area contributed by atoms with Crippen LogP contribution in [-0.4, -0.2) is 67.5 Å². The van der Waals surface area contributed by atoms with Crippen LogP contribution in [0.5, 0.6) is 0 Å². The van der Waals surface area contributed by atoms with Crippen molar-refractivity contribution >= 4 is 5.82 Å². The fraction of sp³-hybridized carbons (Fsp3) is 0.706. The van der Waals surface area contributed by atoms with E-state index in [4.69, 9.17) is 4.74 Å². The lowest BCUT2D eigenvalue weighted by atomic mass is 9.88. The van der Waals surface area contributed by atoms with Gasteiger partial charge in [0, 0.05) is 39.4 Å². The Morgan fingerprint density at radius 1 is 1.36 bits per heavy atom. The van der Waals surface area contributed by atoms with Crippen LogP contribution in [0.3, 0.4) is 0 Å². The van der Waals surface area contributed by atoms with Crippen molar-refractivity contribution in [1.29, 1.82) is 0 Å². The standard InChI is InChI=1S/C17H29N3O2/c1-17(2,3)14-5-6-18-16(11-14)19(4)12-15(21)13-20-7-9-22-10-8-20/h5-6,11,15,21H,7-10,12-13H2,1-4H3. The van der Waals surface area contributed by atoms with Crippen molar-refractivity contribution in [2.24, 2.45) is 0 Å². The fourth-order valence-corrected chi connectivity index (χ4v) is 2.64. The number of likely N-dealkylation sites (N-methyl/N-ethyl adjacent to an activating group) is 1. The minimum Gasteiger partial charge on any atom is -0.390 e. The maximum absolute atomic E-state index is 10.3. The molecule has 2 heterocycles. The van der Waals surface area contributed by atoms with E-state index >= 15 is 0 Å². The highest BCUT2D eigenvalue weighted by Crippen LogP contribution is 2.24. The van der Waals surface area contributed by atoms with Crippen LogP contribution in [0.1, 0.15) is 26.3 Å². The molecule has 124 valence electrons. The van der Waals surface area contributed by atoms with Gasteiger partial charge in [-0.05, 0) is 23.1 Å². The van der Waals surface area contributed by atoms with E-state index in [0.29, 0.717) is 13.1 Å². The van der Waals surface area contributed by atoms with Crippen molar-refractivity contribution in [3.63, 3.8) is 0 Å². The molecule has 2 rings (SSSR count). The van der Waals surface area contributed by atoms with Crippen LogP contribution in [0.25, 0.3) is 0 Å². The highest BCUT2D eigenvalue weighted by atomic mass is 16.5.